The van der Waals surface area contributed by atoms with Gasteiger partial charge in [0.05, 0.1) is 6.61 Å². The third-order valence-electron chi connectivity index (χ3n) is 12.5. The van der Waals surface area contributed by atoms with Gasteiger partial charge in [0, 0.05) is 12.8 Å². The fourth-order valence-corrected chi connectivity index (χ4v) is 8.29. The molecule has 0 radical (unpaired) electrons. The van der Waals surface area contributed by atoms with Crippen LogP contribution in [0.1, 0.15) is 284 Å². The summed E-state index contributed by atoms with van der Waals surface area (Å²) in [4.78, 5) is 24.4. The maximum Gasteiger partial charge on any atom is 0.306 e. The topological polar surface area (TPSA) is 72.8 Å². The van der Waals surface area contributed by atoms with Crippen LogP contribution >= 0.6 is 0 Å². The average molecular weight is 922 g/mol. The van der Waals surface area contributed by atoms with E-state index in [0.717, 1.165) is 57.8 Å². The van der Waals surface area contributed by atoms with Gasteiger partial charge in [-0.2, -0.15) is 0 Å². The van der Waals surface area contributed by atoms with Crippen LogP contribution in [0.15, 0.2) is 72.9 Å². The summed E-state index contributed by atoms with van der Waals surface area (Å²) in [6.07, 6.45) is 77.7. The molecule has 0 aliphatic rings. The first-order chi connectivity index (χ1) is 32.6. The second kappa shape index (κ2) is 56.7. The fourth-order valence-electron chi connectivity index (χ4n) is 8.29. The van der Waals surface area contributed by atoms with Crippen LogP contribution in [0.2, 0.25) is 0 Å². The van der Waals surface area contributed by atoms with E-state index in [2.05, 4.69) is 74.6 Å². The second-order valence-electron chi connectivity index (χ2n) is 19.0. The predicted molar refractivity (Wildman–Crippen MR) is 288 cm³/mol. The van der Waals surface area contributed by atoms with Gasteiger partial charge in [0.1, 0.15) is 6.61 Å². The first-order valence-corrected chi connectivity index (χ1v) is 28.5. The minimum absolute atomic E-state index is 0.0966. The van der Waals surface area contributed by atoms with E-state index in [1.807, 2.05) is 12.2 Å². The standard InChI is InChI=1S/C61H108O5/c1-3-5-7-9-11-13-15-17-19-21-23-24-25-26-27-28-29-30-31-32-33-34-35-36-38-39-41-43-45-47-49-51-53-55-60(63)65-58-59(57-62)66-61(64)56-54-52-50-48-46-44-42-40-37-22-20-18-16-14-12-10-8-6-4-2/h6,8,12,14,18,20,37,40,44,46,50,52,59,62H,3-5,7,9-11,13,15-17,19,21-36,38-39,41-43,45,47-49,51,53-58H2,1-2H3/b8-6-,14-12-,20-18-,40-37-,46-44-,52-50-. The molecule has 5 nitrogen and oxygen atoms in total. The molecule has 0 saturated carbocycles. The maximum absolute atomic E-state index is 12.2. The summed E-state index contributed by atoms with van der Waals surface area (Å²) in [6, 6.07) is 0. The van der Waals surface area contributed by atoms with Crippen molar-refractivity contribution in [3.63, 3.8) is 0 Å². The van der Waals surface area contributed by atoms with Gasteiger partial charge in [-0.25, -0.2) is 0 Å². The molecule has 1 N–H and O–H groups in total. The highest BCUT2D eigenvalue weighted by Gasteiger charge is 2.15. The van der Waals surface area contributed by atoms with E-state index < -0.39 is 12.1 Å². The number of unbranched alkanes of at least 4 members (excludes halogenated alkanes) is 32. The van der Waals surface area contributed by atoms with E-state index >= 15 is 0 Å². The van der Waals surface area contributed by atoms with Crippen LogP contribution < -0.4 is 0 Å². The van der Waals surface area contributed by atoms with Crippen molar-refractivity contribution in [2.45, 2.75) is 290 Å². The molecular weight excluding hydrogens is 813 g/mol. The molecule has 0 spiro atoms. The molecule has 0 saturated heterocycles. The summed E-state index contributed by atoms with van der Waals surface area (Å²) in [5.41, 5.74) is 0. The van der Waals surface area contributed by atoms with E-state index in [-0.39, 0.29) is 25.6 Å². The Labute approximate surface area is 410 Å². The van der Waals surface area contributed by atoms with Crippen LogP contribution in [-0.2, 0) is 19.1 Å². The molecule has 0 aromatic rings. The van der Waals surface area contributed by atoms with Gasteiger partial charge in [0.25, 0.3) is 0 Å². The van der Waals surface area contributed by atoms with Crippen molar-refractivity contribution < 1.29 is 24.2 Å². The van der Waals surface area contributed by atoms with Gasteiger partial charge in [-0.1, -0.05) is 292 Å². The number of allylic oxidation sites excluding steroid dienone is 12. The van der Waals surface area contributed by atoms with Gasteiger partial charge < -0.3 is 14.6 Å². The molecule has 1 unspecified atom stereocenters. The summed E-state index contributed by atoms with van der Waals surface area (Å²) in [7, 11) is 0. The lowest BCUT2D eigenvalue weighted by atomic mass is 10.0. The Balaban J connectivity index is 3.48. The number of aliphatic hydroxyl groups excluding tert-OH is 1. The Hall–Kier alpha value is -2.66. The van der Waals surface area contributed by atoms with Crippen molar-refractivity contribution in [1.29, 1.82) is 0 Å². The fraction of sp³-hybridized carbons (Fsp3) is 0.770. The normalized spacial score (nSPS) is 12.7. The van der Waals surface area contributed by atoms with Crippen LogP contribution in [0.25, 0.3) is 0 Å². The van der Waals surface area contributed by atoms with Crippen molar-refractivity contribution in [2.24, 2.45) is 0 Å². The molecule has 66 heavy (non-hydrogen) atoms. The molecule has 0 rings (SSSR count). The SMILES string of the molecule is CC/C=C\C/C=C\C/C=C\C/C=C\C/C=C\C/C=C\CCC(=O)OC(CO)COC(=O)CCCCCCCCCCCCCCCCCCCCCCCCCCCCCCCCCCC. The second-order valence-corrected chi connectivity index (χ2v) is 19.0. The van der Waals surface area contributed by atoms with Gasteiger partial charge in [-0.3, -0.25) is 9.59 Å². The lowest BCUT2D eigenvalue weighted by Crippen LogP contribution is -2.28. The van der Waals surface area contributed by atoms with Gasteiger partial charge in [-0.05, 0) is 51.4 Å². The number of carbonyl (C=O) groups excluding carboxylic acids is 2. The molecule has 0 aromatic carbocycles. The Kier molecular flexibility index (Phi) is 54.4. The van der Waals surface area contributed by atoms with Crippen molar-refractivity contribution in [1.82, 2.24) is 0 Å². The molecule has 0 fully saturated rings. The molecule has 382 valence electrons. The number of carbonyl (C=O) groups is 2. The zero-order chi connectivity index (χ0) is 47.7. The monoisotopic (exact) mass is 921 g/mol. The zero-order valence-electron chi connectivity index (χ0n) is 43.7. The summed E-state index contributed by atoms with van der Waals surface area (Å²) in [5, 5.41) is 9.62. The van der Waals surface area contributed by atoms with E-state index in [0.29, 0.717) is 12.8 Å². The predicted octanol–water partition coefficient (Wildman–Crippen LogP) is 19.2. The Bertz CT molecular complexity index is 1180. The highest BCUT2D eigenvalue weighted by molar-refractivity contribution is 5.70. The molecule has 0 bridgehead atoms. The zero-order valence-corrected chi connectivity index (χ0v) is 43.7. The van der Waals surface area contributed by atoms with Gasteiger partial charge in [0.15, 0.2) is 6.10 Å². The van der Waals surface area contributed by atoms with Gasteiger partial charge >= 0.3 is 11.9 Å². The molecule has 5 heteroatoms. The quantitative estimate of drug-likeness (QED) is 0.0374. The van der Waals surface area contributed by atoms with E-state index in [1.165, 1.54) is 193 Å². The number of hydrogen-bond donors (Lipinski definition) is 1. The third-order valence-corrected chi connectivity index (χ3v) is 12.5. The highest BCUT2D eigenvalue weighted by atomic mass is 16.6. The number of hydrogen-bond acceptors (Lipinski definition) is 5. The highest BCUT2D eigenvalue weighted by Crippen LogP contribution is 2.17. The van der Waals surface area contributed by atoms with Crippen LogP contribution in [0.5, 0.6) is 0 Å². The molecular formula is C61H108O5. The molecule has 0 aliphatic carbocycles. The van der Waals surface area contributed by atoms with Crippen molar-refractivity contribution >= 4 is 11.9 Å². The summed E-state index contributed by atoms with van der Waals surface area (Å²) in [6.45, 7) is 3.99. The number of esters is 2. The average Bonchev–Trinajstić information content (AvgIpc) is 3.32. The van der Waals surface area contributed by atoms with Crippen molar-refractivity contribution in [2.75, 3.05) is 13.2 Å². The van der Waals surface area contributed by atoms with Crippen LogP contribution in [-0.4, -0.2) is 36.4 Å². The number of rotatable bonds is 52. The van der Waals surface area contributed by atoms with Crippen LogP contribution in [0.3, 0.4) is 0 Å². The lowest BCUT2D eigenvalue weighted by Gasteiger charge is -2.15. The number of aliphatic hydroxyl groups is 1. The maximum atomic E-state index is 12.2. The largest absolute Gasteiger partial charge is 0.462 e. The van der Waals surface area contributed by atoms with E-state index in [9.17, 15) is 14.7 Å². The Morgan fingerprint density at radius 1 is 0.364 bits per heavy atom. The molecule has 0 aromatic heterocycles. The number of ether oxygens (including phenoxy) is 2. The van der Waals surface area contributed by atoms with E-state index in [4.69, 9.17) is 9.47 Å². The molecule has 1 atom stereocenters. The molecule has 0 aliphatic heterocycles. The van der Waals surface area contributed by atoms with Crippen LogP contribution in [0.4, 0.5) is 0 Å². The van der Waals surface area contributed by atoms with Gasteiger partial charge in [0.2, 0.25) is 0 Å². The first-order valence-electron chi connectivity index (χ1n) is 28.5. The molecule has 0 heterocycles. The van der Waals surface area contributed by atoms with Crippen molar-refractivity contribution in [3.8, 4) is 0 Å². The van der Waals surface area contributed by atoms with Crippen LogP contribution in [0, 0.1) is 0 Å². The summed E-state index contributed by atoms with van der Waals surface area (Å²) in [5.74, 6) is -0.681. The molecule has 0 amide bonds. The Morgan fingerprint density at radius 2 is 0.652 bits per heavy atom. The van der Waals surface area contributed by atoms with Gasteiger partial charge in [-0.15, -0.1) is 0 Å². The summed E-state index contributed by atoms with van der Waals surface area (Å²) < 4.78 is 10.6. The smallest absolute Gasteiger partial charge is 0.306 e. The van der Waals surface area contributed by atoms with Crippen molar-refractivity contribution in [3.05, 3.63) is 72.9 Å². The van der Waals surface area contributed by atoms with E-state index in [1.54, 1.807) is 0 Å². The third kappa shape index (κ3) is 54.0. The minimum atomic E-state index is -0.815. The Morgan fingerprint density at radius 3 is 0.955 bits per heavy atom. The minimum Gasteiger partial charge on any atom is -0.462 e. The summed E-state index contributed by atoms with van der Waals surface area (Å²) >= 11 is 0. The first kappa shape index (κ1) is 63.3. The lowest BCUT2D eigenvalue weighted by molar-refractivity contribution is -0.161.